The van der Waals surface area contributed by atoms with E-state index >= 15 is 0 Å². The van der Waals surface area contributed by atoms with Crippen molar-refractivity contribution in [2.45, 2.75) is 26.3 Å². The summed E-state index contributed by atoms with van der Waals surface area (Å²) in [5, 5.41) is 5.54. The van der Waals surface area contributed by atoms with Crippen LogP contribution in [0.4, 0.5) is 5.82 Å². The van der Waals surface area contributed by atoms with Gasteiger partial charge in [-0.05, 0) is 25.1 Å². The maximum absolute atomic E-state index is 12.3. The number of rotatable bonds is 7. The Labute approximate surface area is 141 Å². The third-order valence-corrected chi connectivity index (χ3v) is 3.29. The molecule has 24 heavy (non-hydrogen) atoms. The molecule has 0 aliphatic rings. The highest BCUT2D eigenvalue weighted by atomic mass is 16.5. The van der Waals surface area contributed by atoms with Crippen LogP contribution in [-0.2, 0) is 9.59 Å². The van der Waals surface area contributed by atoms with E-state index in [1.165, 1.54) is 6.92 Å². The summed E-state index contributed by atoms with van der Waals surface area (Å²) in [5.74, 6) is 0.683. The molecule has 6 nitrogen and oxygen atoms in total. The molecule has 0 fully saturated rings. The van der Waals surface area contributed by atoms with Crippen LogP contribution in [0.1, 0.15) is 31.9 Å². The monoisotopic (exact) mass is 327 g/mol. The molecule has 0 radical (unpaired) electrons. The number of benzene rings is 1. The molecule has 1 atom stereocenters. The van der Waals surface area contributed by atoms with Gasteiger partial charge in [0.15, 0.2) is 0 Å². The van der Waals surface area contributed by atoms with Gasteiger partial charge in [-0.15, -0.1) is 0 Å². The van der Waals surface area contributed by atoms with E-state index in [1.54, 1.807) is 24.4 Å². The molecule has 0 aliphatic carbocycles. The minimum absolute atomic E-state index is 0.0836. The molecule has 1 heterocycles. The number of amides is 2. The van der Waals surface area contributed by atoms with Crippen molar-refractivity contribution in [2.75, 3.05) is 11.9 Å². The van der Waals surface area contributed by atoms with Crippen molar-refractivity contribution in [1.82, 2.24) is 10.3 Å². The van der Waals surface area contributed by atoms with E-state index in [0.29, 0.717) is 18.2 Å². The number of nitrogens with zero attached hydrogens (tertiary/aromatic N) is 1. The van der Waals surface area contributed by atoms with Crippen molar-refractivity contribution in [3.8, 4) is 5.75 Å². The fourth-order valence-electron chi connectivity index (χ4n) is 2.36. The Balaban J connectivity index is 2.16. The summed E-state index contributed by atoms with van der Waals surface area (Å²) in [6, 6.07) is 12.2. The smallest absolute Gasteiger partial charge is 0.227 e. The van der Waals surface area contributed by atoms with Gasteiger partial charge in [0.2, 0.25) is 11.8 Å². The molecule has 1 aromatic carbocycles. The van der Waals surface area contributed by atoms with E-state index in [1.807, 2.05) is 31.2 Å². The van der Waals surface area contributed by atoms with Gasteiger partial charge in [-0.1, -0.05) is 24.3 Å². The number of para-hydroxylation sites is 1. The number of hydrogen-bond acceptors (Lipinski definition) is 4. The van der Waals surface area contributed by atoms with Crippen molar-refractivity contribution >= 4 is 17.6 Å². The van der Waals surface area contributed by atoms with Gasteiger partial charge in [0, 0.05) is 18.7 Å². The molecular weight excluding hydrogens is 306 g/mol. The third kappa shape index (κ3) is 5.08. The quantitative estimate of drug-likeness (QED) is 0.819. The Kier molecular flexibility index (Phi) is 6.31. The fourth-order valence-corrected chi connectivity index (χ4v) is 2.36. The van der Waals surface area contributed by atoms with E-state index < -0.39 is 6.04 Å². The molecule has 2 N–H and O–H groups in total. The van der Waals surface area contributed by atoms with Crippen LogP contribution in [0.15, 0.2) is 48.7 Å². The Morgan fingerprint density at radius 1 is 1.17 bits per heavy atom. The first kappa shape index (κ1) is 17.5. The number of pyridine rings is 1. The molecule has 2 aromatic rings. The van der Waals surface area contributed by atoms with Gasteiger partial charge in [0.1, 0.15) is 11.6 Å². The normalized spacial score (nSPS) is 11.4. The summed E-state index contributed by atoms with van der Waals surface area (Å²) in [5.41, 5.74) is 0.769. The number of carbonyl (C=O) groups excluding carboxylic acids is 2. The van der Waals surface area contributed by atoms with Crippen molar-refractivity contribution in [1.29, 1.82) is 0 Å². The van der Waals surface area contributed by atoms with E-state index in [9.17, 15) is 9.59 Å². The molecule has 0 saturated carbocycles. The van der Waals surface area contributed by atoms with Crippen LogP contribution in [0.2, 0.25) is 0 Å². The van der Waals surface area contributed by atoms with Crippen molar-refractivity contribution < 1.29 is 14.3 Å². The zero-order valence-corrected chi connectivity index (χ0v) is 13.8. The first-order valence-corrected chi connectivity index (χ1v) is 7.80. The van der Waals surface area contributed by atoms with Crippen LogP contribution in [0.25, 0.3) is 0 Å². The van der Waals surface area contributed by atoms with Crippen LogP contribution in [0, 0.1) is 0 Å². The van der Waals surface area contributed by atoms with E-state index in [-0.39, 0.29) is 18.2 Å². The van der Waals surface area contributed by atoms with E-state index in [2.05, 4.69) is 15.6 Å². The second-order valence-electron chi connectivity index (χ2n) is 5.19. The first-order chi connectivity index (χ1) is 11.6. The average molecular weight is 327 g/mol. The molecule has 0 unspecified atom stereocenters. The number of carbonyl (C=O) groups is 2. The maximum atomic E-state index is 12.3. The molecular formula is C18H21N3O3. The number of hydrogen-bond donors (Lipinski definition) is 2. The molecule has 1 aromatic heterocycles. The van der Waals surface area contributed by atoms with Gasteiger partial charge in [-0.3, -0.25) is 9.59 Å². The molecule has 0 spiro atoms. The Bertz CT molecular complexity index is 689. The predicted octanol–water partition coefficient (Wildman–Crippen LogP) is 2.69. The first-order valence-electron chi connectivity index (χ1n) is 7.80. The number of ether oxygens (including phenoxy) is 1. The maximum Gasteiger partial charge on any atom is 0.227 e. The Morgan fingerprint density at radius 2 is 1.92 bits per heavy atom. The standard InChI is InChI=1S/C18H21N3O3/c1-3-24-16-9-5-4-8-14(16)15(20-13(2)22)12-18(23)21-17-10-6-7-11-19-17/h4-11,15H,3,12H2,1-2H3,(H,20,22)(H,19,21,23)/t15-/m1/s1. The molecule has 6 heteroatoms. The van der Waals surface area contributed by atoms with Crippen LogP contribution < -0.4 is 15.4 Å². The Morgan fingerprint density at radius 3 is 2.58 bits per heavy atom. The van der Waals surface area contributed by atoms with E-state index in [0.717, 1.165) is 5.56 Å². The second-order valence-corrected chi connectivity index (χ2v) is 5.19. The minimum Gasteiger partial charge on any atom is -0.494 e. The van der Waals surface area contributed by atoms with Gasteiger partial charge >= 0.3 is 0 Å². The summed E-state index contributed by atoms with van der Waals surface area (Å²) in [6.07, 6.45) is 1.69. The van der Waals surface area contributed by atoms with Crippen LogP contribution in [-0.4, -0.2) is 23.4 Å². The molecule has 0 saturated heterocycles. The Hall–Kier alpha value is -2.89. The third-order valence-electron chi connectivity index (χ3n) is 3.29. The molecule has 0 bridgehead atoms. The van der Waals surface area contributed by atoms with Gasteiger partial charge in [-0.25, -0.2) is 4.98 Å². The van der Waals surface area contributed by atoms with E-state index in [4.69, 9.17) is 4.74 Å². The zero-order chi connectivity index (χ0) is 17.4. The summed E-state index contributed by atoms with van der Waals surface area (Å²) >= 11 is 0. The van der Waals surface area contributed by atoms with Crippen molar-refractivity contribution in [2.24, 2.45) is 0 Å². The lowest BCUT2D eigenvalue weighted by Crippen LogP contribution is -2.30. The van der Waals surface area contributed by atoms with Gasteiger partial charge in [0.05, 0.1) is 19.1 Å². The summed E-state index contributed by atoms with van der Waals surface area (Å²) < 4.78 is 5.60. The zero-order valence-electron chi connectivity index (χ0n) is 13.8. The van der Waals surface area contributed by atoms with Gasteiger partial charge < -0.3 is 15.4 Å². The SMILES string of the molecule is CCOc1ccccc1[C@@H](CC(=O)Nc1ccccn1)NC(C)=O. The minimum atomic E-state index is -0.478. The predicted molar refractivity (Wildman–Crippen MR) is 91.7 cm³/mol. The highest BCUT2D eigenvalue weighted by molar-refractivity contribution is 5.90. The largest absolute Gasteiger partial charge is 0.494 e. The highest BCUT2D eigenvalue weighted by Gasteiger charge is 2.20. The second kappa shape index (κ2) is 8.67. The molecule has 126 valence electrons. The van der Waals surface area contributed by atoms with Crippen LogP contribution in [0.3, 0.4) is 0 Å². The summed E-state index contributed by atoms with van der Waals surface area (Å²) in [7, 11) is 0. The van der Waals surface area contributed by atoms with Crippen molar-refractivity contribution in [3.63, 3.8) is 0 Å². The molecule has 0 aliphatic heterocycles. The number of aromatic nitrogens is 1. The number of anilines is 1. The highest BCUT2D eigenvalue weighted by Crippen LogP contribution is 2.27. The average Bonchev–Trinajstić information content (AvgIpc) is 2.55. The lowest BCUT2D eigenvalue weighted by atomic mass is 10.0. The molecule has 2 amide bonds. The number of nitrogens with one attached hydrogen (secondary N) is 2. The lowest BCUT2D eigenvalue weighted by molar-refractivity contribution is -0.120. The topological polar surface area (TPSA) is 80.3 Å². The van der Waals surface area contributed by atoms with Gasteiger partial charge in [0.25, 0.3) is 0 Å². The van der Waals surface area contributed by atoms with Crippen LogP contribution >= 0.6 is 0 Å². The fraction of sp³-hybridized carbons (Fsp3) is 0.278. The van der Waals surface area contributed by atoms with Gasteiger partial charge in [-0.2, -0.15) is 0 Å². The van der Waals surface area contributed by atoms with Crippen LogP contribution in [0.5, 0.6) is 5.75 Å². The van der Waals surface area contributed by atoms with Crippen molar-refractivity contribution in [3.05, 3.63) is 54.2 Å². The lowest BCUT2D eigenvalue weighted by Gasteiger charge is -2.20. The summed E-state index contributed by atoms with van der Waals surface area (Å²) in [4.78, 5) is 27.9. The summed E-state index contributed by atoms with van der Waals surface area (Å²) in [6.45, 7) is 3.81. The molecule has 2 rings (SSSR count).